The van der Waals surface area contributed by atoms with Gasteiger partial charge in [-0.1, -0.05) is 29.8 Å². The van der Waals surface area contributed by atoms with Gasteiger partial charge in [0.2, 0.25) is 0 Å². The number of fused-ring (bicyclic) bond motifs is 6. The van der Waals surface area contributed by atoms with Crippen LogP contribution in [0.1, 0.15) is 42.4 Å². The van der Waals surface area contributed by atoms with E-state index in [-0.39, 0.29) is 10.3 Å². The third-order valence-electron chi connectivity index (χ3n) is 9.67. The molecule has 3 aromatic carbocycles. The minimum absolute atomic E-state index is 0.0483. The second-order valence-electron chi connectivity index (χ2n) is 12.2. The second-order valence-corrected chi connectivity index (χ2v) is 14.3. The number of hydrogen-bond donors (Lipinski definition) is 1. The number of amides is 2. The number of urea groups is 1. The monoisotopic (exact) mass is 591 g/mol. The smallest absolute Gasteiger partial charge is 0.335 e. The van der Waals surface area contributed by atoms with Crippen molar-refractivity contribution in [3.8, 4) is 5.75 Å². The molecule has 2 heterocycles. The first-order valence-electron chi connectivity index (χ1n) is 14.4. The van der Waals surface area contributed by atoms with Gasteiger partial charge in [-0.05, 0) is 110 Å². The van der Waals surface area contributed by atoms with E-state index in [1.807, 2.05) is 24.3 Å². The van der Waals surface area contributed by atoms with Gasteiger partial charge in [0.15, 0.2) is 0 Å². The standard InChI is InChI=1S/C32H34ClN3O4S/c1-35-26-6-2-4-21(15-26)14-22-7-8-24(22)18-36-19-32(13-3-5-23-16-25(33)9-11-28(23)32)20-40-30-12-10-27(17-29(30)36)41(38,39)34-31(35)37/h2,4,6,9-12,15-17,22,24H,3,5,7-8,13-14,18-20H2,1H3,(H,34,37)/t22-,24-,32-/m0/s1. The molecule has 9 heteroatoms. The lowest BCUT2D eigenvalue weighted by Crippen LogP contribution is -2.48. The molecule has 1 N–H and O–H groups in total. The average Bonchev–Trinajstić information content (AvgIpc) is 3.10. The Hall–Kier alpha value is -3.23. The molecule has 2 aliphatic carbocycles. The molecule has 3 aromatic rings. The van der Waals surface area contributed by atoms with Crippen LogP contribution in [0.5, 0.6) is 5.75 Å². The summed E-state index contributed by atoms with van der Waals surface area (Å²) in [5.74, 6) is 1.66. The van der Waals surface area contributed by atoms with E-state index in [9.17, 15) is 13.2 Å². The van der Waals surface area contributed by atoms with Gasteiger partial charge in [-0.15, -0.1) is 0 Å². The Labute approximate surface area is 246 Å². The van der Waals surface area contributed by atoms with E-state index >= 15 is 0 Å². The predicted octanol–water partition coefficient (Wildman–Crippen LogP) is 5.93. The summed E-state index contributed by atoms with van der Waals surface area (Å²) in [7, 11) is -2.53. The highest BCUT2D eigenvalue weighted by Gasteiger charge is 2.43. The van der Waals surface area contributed by atoms with Crippen LogP contribution in [0.25, 0.3) is 0 Å². The number of anilines is 2. The van der Waals surface area contributed by atoms with Crippen molar-refractivity contribution in [3.63, 3.8) is 0 Å². The zero-order valence-corrected chi connectivity index (χ0v) is 24.7. The molecule has 214 valence electrons. The van der Waals surface area contributed by atoms with Crippen LogP contribution in [0.15, 0.2) is 65.6 Å². The molecule has 41 heavy (non-hydrogen) atoms. The summed E-state index contributed by atoms with van der Waals surface area (Å²) < 4.78 is 35.8. The van der Waals surface area contributed by atoms with Gasteiger partial charge in [0, 0.05) is 36.3 Å². The number of rotatable bonds is 0. The predicted molar refractivity (Wildman–Crippen MR) is 161 cm³/mol. The second kappa shape index (κ2) is 9.95. The van der Waals surface area contributed by atoms with Gasteiger partial charge < -0.3 is 9.64 Å². The van der Waals surface area contributed by atoms with Crippen LogP contribution < -0.4 is 19.3 Å². The summed E-state index contributed by atoms with van der Waals surface area (Å²) in [6.45, 7) is 2.06. The summed E-state index contributed by atoms with van der Waals surface area (Å²) in [5, 5.41) is 0.747. The third kappa shape index (κ3) is 4.75. The van der Waals surface area contributed by atoms with Gasteiger partial charge >= 0.3 is 6.03 Å². The number of carbonyl (C=O) groups is 1. The molecular weight excluding hydrogens is 558 g/mol. The van der Waals surface area contributed by atoms with E-state index in [1.165, 1.54) is 22.1 Å². The Morgan fingerprint density at radius 3 is 2.73 bits per heavy atom. The molecule has 4 aliphatic rings. The van der Waals surface area contributed by atoms with Gasteiger partial charge in [-0.25, -0.2) is 17.9 Å². The van der Waals surface area contributed by atoms with Gasteiger partial charge in [-0.3, -0.25) is 4.90 Å². The summed E-state index contributed by atoms with van der Waals surface area (Å²) in [4.78, 5) is 16.9. The molecule has 4 bridgehead atoms. The van der Waals surface area contributed by atoms with Crippen molar-refractivity contribution in [3.05, 3.63) is 82.4 Å². The minimum atomic E-state index is -4.13. The van der Waals surface area contributed by atoms with E-state index in [4.69, 9.17) is 16.3 Å². The number of halogens is 1. The van der Waals surface area contributed by atoms with Crippen LogP contribution in [0, 0.1) is 11.8 Å². The zero-order chi connectivity index (χ0) is 28.4. The largest absolute Gasteiger partial charge is 0.490 e. The van der Waals surface area contributed by atoms with Crippen LogP contribution in [-0.2, 0) is 28.3 Å². The molecule has 3 atom stereocenters. The number of hydrogen-bond acceptors (Lipinski definition) is 5. The molecule has 7 nitrogen and oxygen atoms in total. The van der Waals surface area contributed by atoms with E-state index in [0.717, 1.165) is 67.9 Å². The molecule has 2 amide bonds. The highest BCUT2D eigenvalue weighted by Crippen LogP contribution is 2.47. The van der Waals surface area contributed by atoms with Crippen molar-refractivity contribution >= 4 is 39.0 Å². The van der Waals surface area contributed by atoms with E-state index in [1.54, 1.807) is 19.2 Å². The van der Waals surface area contributed by atoms with Crippen molar-refractivity contribution in [2.45, 2.75) is 48.8 Å². The molecule has 2 aliphatic heterocycles. The van der Waals surface area contributed by atoms with Gasteiger partial charge in [0.05, 0.1) is 17.2 Å². The number of aryl methyl sites for hydroxylation is 1. The maximum absolute atomic E-state index is 13.5. The number of nitrogens with zero attached hydrogens (tertiary/aromatic N) is 2. The first-order chi connectivity index (χ1) is 19.7. The number of sulfonamides is 1. The zero-order valence-electron chi connectivity index (χ0n) is 23.1. The molecule has 0 radical (unpaired) electrons. The van der Waals surface area contributed by atoms with E-state index in [0.29, 0.717) is 29.9 Å². The van der Waals surface area contributed by atoms with Crippen LogP contribution >= 0.6 is 11.6 Å². The normalized spacial score (nSPS) is 26.7. The van der Waals surface area contributed by atoms with Crippen molar-refractivity contribution in [2.75, 3.05) is 36.5 Å². The molecule has 1 fully saturated rings. The lowest BCUT2D eigenvalue weighted by Gasteiger charge is -2.44. The van der Waals surface area contributed by atoms with Crippen molar-refractivity contribution in [2.24, 2.45) is 11.8 Å². The molecule has 0 unspecified atom stereocenters. The summed E-state index contributed by atoms with van der Waals surface area (Å²) in [6, 6.07) is 18.3. The Balaban J connectivity index is 1.34. The Bertz CT molecular complexity index is 1640. The van der Waals surface area contributed by atoms with Gasteiger partial charge in [0.1, 0.15) is 5.75 Å². The van der Waals surface area contributed by atoms with Crippen LogP contribution in [0.4, 0.5) is 16.2 Å². The van der Waals surface area contributed by atoms with Gasteiger partial charge in [-0.2, -0.15) is 0 Å². The molecule has 1 spiro atoms. The summed E-state index contributed by atoms with van der Waals surface area (Å²) >= 11 is 6.39. The number of ether oxygens (including phenoxy) is 1. The van der Waals surface area contributed by atoms with E-state index in [2.05, 4.69) is 27.8 Å². The van der Waals surface area contributed by atoms with Crippen molar-refractivity contribution in [1.82, 2.24) is 4.72 Å². The summed E-state index contributed by atoms with van der Waals surface area (Å²) in [5.41, 5.74) is 4.91. The maximum atomic E-state index is 13.5. The van der Waals surface area contributed by atoms with E-state index < -0.39 is 16.1 Å². The highest BCUT2D eigenvalue weighted by molar-refractivity contribution is 7.90. The third-order valence-corrected chi connectivity index (χ3v) is 11.2. The first kappa shape index (κ1) is 26.7. The quantitative estimate of drug-likeness (QED) is 0.351. The lowest BCUT2D eigenvalue weighted by molar-refractivity contribution is 0.172. The molecule has 0 aromatic heterocycles. The topological polar surface area (TPSA) is 79.0 Å². The SMILES string of the molecule is CN1C(=O)NS(=O)(=O)c2ccc3c(c2)N(C[C@@H]2CC[C@H]2Cc2cccc1c2)C[C@@]1(CCCc2cc(Cl)ccc21)CO3. The van der Waals surface area contributed by atoms with Crippen molar-refractivity contribution in [1.29, 1.82) is 0 Å². The fraction of sp³-hybridized carbons (Fsp3) is 0.406. The number of carbonyl (C=O) groups excluding carboxylic acids is 1. The van der Waals surface area contributed by atoms with Crippen molar-refractivity contribution < 1.29 is 17.9 Å². The fourth-order valence-electron chi connectivity index (χ4n) is 7.25. The van der Waals surface area contributed by atoms with Crippen LogP contribution in [0.3, 0.4) is 0 Å². The molecule has 0 saturated heterocycles. The molecule has 1 saturated carbocycles. The Morgan fingerprint density at radius 1 is 1.05 bits per heavy atom. The number of benzene rings is 3. The highest BCUT2D eigenvalue weighted by atomic mass is 35.5. The first-order valence-corrected chi connectivity index (χ1v) is 16.3. The van der Waals surface area contributed by atoms with Crippen LogP contribution in [-0.4, -0.2) is 41.2 Å². The van der Waals surface area contributed by atoms with Crippen LogP contribution in [0.2, 0.25) is 5.02 Å². The fourth-order valence-corrected chi connectivity index (χ4v) is 8.44. The molecular formula is C32H34ClN3O4S. The Morgan fingerprint density at radius 2 is 1.90 bits per heavy atom. The minimum Gasteiger partial charge on any atom is -0.490 e. The summed E-state index contributed by atoms with van der Waals surface area (Å²) in [6.07, 6.45) is 6.24. The Kier molecular flexibility index (Phi) is 6.47. The molecule has 7 rings (SSSR count). The maximum Gasteiger partial charge on any atom is 0.335 e. The van der Waals surface area contributed by atoms with Gasteiger partial charge in [0.25, 0.3) is 10.0 Å². The average molecular weight is 592 g/mol. The number of nitrogens with one attached hydrogen (secondary N) is 1. The lowest BCUT2D eigenvalue weighted by atomic mass is 9.68.